The predicted octanol–water partition coefficient (Wildman–Crippen LogP) is 7.47. The van der Waals surface area contributed by atoms with Crippen molar-refractivity contribution in [3.8, 4) is 5.75 Å². The van der Waals surface area contributed by atoms with Crippen molar-refractivity contribution in [2.45, 2.75) is 101 Å². The molecule has 1 heterocycles. The number of carbonyl (C=O) groups is 4. The highest BCUT2D eigenvalue weighted by Crippen LogP contribution is 2.38. The second-order valence-corrected chi connectivity index (χ2v) is 18.4. The van der Waals surface area contributed by atoms with Gasteiger partial charge in [0.05, 0.1) is 29.1 Å². The summed E-state index contributed by atoms with van der Waals surface area (Å²) in [5.41, 5.74) is -2.11. The summed E-state index contributed by atoms with van der Waals surface area (Å²) in [6, 6.07) is 8.43. The van der Waals surface area contributed by atoms with Gasteiger partial charge in [0.1, 0.15) is 17.0 Å². The molecule has 15 nitrogen and oxygen atoms in total. The Morgan fingerprint density at radius 3 is 2.12 bits per heavy atom. The number of aryl methyl sites for hydroxylation is 1. The van der Waals surface area contributed by atoms with Crippen molar-refractivity contribution in [2.75, 3.05) is 24.5 Å². The van der Waals surface area contributed by atoms with E-state index in [9.17, 15) is 32.7 Å². The number of hydrazine groups is 1. The van der Waals surface area contributed by atoms with Gasteiger partial charge in [-0.2, -0.15) is 0 Å². The number of nitrogens with one attached hydrogen (secondary N) is 2. The van der Waals surface area contributed by atoms with E-state index < -0.39 is 68.0 Å². The van der Waals surface area contributed by atoms with Crippen LogP contribution in [0.15, 0.2) is 65.8 Å². The van der Waals surface area contributed by atoms with Gasteiger partial charge < -0.3 is 30.0 Å². The number of nitrogens with zero attached hydrogens (tertiary/aromatic N) is 3. The Hall–Kier alpha value is -5.88. The van der Waals surface area contributed by atoms with E-state index >= 15 is 8.78 Å². The molecule has 1 saturated carbocycles. The summed E-state index contributed by atoms with van der Waals surface area (Å²) in [5, 5.41) is 17.5. The molecule has 18 heteroatoms. The lowest BCUT2D eigenvalue weighted by molar-refractivity contribution is -0.139. The first-order valence-electron chi connectivity index (χ1n) is 19.0. The van der Waals surface area contributed by atoms with Crippen LogP contribution in [0.1, 0.15) is 83.5 Å². The average molecular weight is 854 g/mol. The first kappa shape index (κ1) is 45.2. The van der Waals surface area contributed by atoms with E-state index in [1.54, 1.807) is 13.1 Å². The summed E-state index contributed by atoms with van der Waals surface area (Å²) in [6.45, 7) is 9.35. The van der Waals surface area contributed by atoms with Crippen LogP contribution >= 0.6 is 0 Å². The number of benzene rings is 3. The SMILES string of the molecule is CNCc1cc(NC(=O)CCc2cc(C(C(=O)O)N(c3ccc4cncc(F)c4c3)N(C(=O)OC(C)(C)C)C(=O)OC(C)(C)C)cc(F)c2OC)ccc1S(=O)(=O)C1CC1. The lowest BCUT2D eigenvalue weighted by atomic mass is 9.98. The fourth-order valence-electron chi connectivity index (χ4n) is 6.43. The maximum atomic E-state index is 16.1. The van der Waals surface area contributed by atoms with Crippen LogP contribution in [0.25, 0.3) is 10.8 Å². The van der Waals surface area contributed by atoms with Gasteiger partial charge in [-0.3, -0.25) is 14.8 Å². The monoisotopic (exact) mass is 853 g/mol. The maximum absolute atomic E-state index is 16.1. The van der Waals surface area contributed by atoms with E-state index in [1.165, 1.54) is 91.2 Å². The molecule has 3 N–H and O–H groups in total. The number of hydrogen-bond donors (Lipinski definition) is 3. The van der Waals surface area contributed by atoms with Crippen molar-refractivity contribution < 1.29 is 55.7 Å². The Morgan fingerprint density at radius 2 is 1.55 bits per heavy atom. The van der Waals surface area contributed by atoms with Gasteiger partial charge in [0.2, 0.25) is 5.91 Å². The van der Waals surface area contributed by atoms with E-state index in [4.69, 9.17) is 14.2 Å². The minimum Gasteiger partial charge on any atom is -0.493 e. The zero-order chi connectivity index (χ0) is 44.3. The smallest absolute Gasteiger partial charge is 0.439 e. The number of hydrogen-bond acceptors (Lipinski definition) is 12. The standard InChI is InChI=1S/C42H49F2N5O10S/c1-41(2,3)58-39(53)49(40(54)59-42(4,5)6)48(29-12-9-25-22-46-23-33(44)31(25)20-29)36(38(51)52)26-17-24(37(57-8)32(43)19-26)10-16-35(50)47-28-11-15-34(27(18-28)21-45-7)60(55,56)30-13-14-30/h9,11-12,15,17-20,22-23,30,36,45H,10,13-14,16,21H2,1-8H3,(H,47,50)(H,51,52). The van der Waals surface area contributed by atoms with Crippen molar-refractivity contribution >= 4 is 56.0 Å². The van der Waals surface area contributed by atoms with Gasteiger partial charge in [0, 0.05) is 35.6 Å². The zero-order valence-corrected chi connectivity index (χ0v) is 35.4. The molecule has 5 rings (SSSR count). The third-order valence-electron chi connectivity index (χ3n) is 9.05. The van der Waals surface area contributed by atoms with Gasteiger partial charge in [0.25, 0.3) is 0 Å². The number of aromatic nitrogens is 1. The van der Waals surface area contributed by atoms with Crippen molar-refractivity contribution in [1.29, 1.82) is 0 Å². The number of pyridine rings is 1. The number of amides is 3. The number of rotatable bonds is 14. The number of carbonyl (C=O) groups excluding carboxylic acids is 3. The van der Waals surface area contributed by atoms with Gasteiger partial charge >= 0.3 is 18.2 Å². The van der Waals surface area contributed by atoms with E-state index in [0.717, 1.165) is 17.3 Å². The maximum Gasteiger partial charge on any atom is 0.439 e. The summed E-state index contributed by atoms with van der Waals surface area (Å²) in [5.74, 6) is -4.35. The minimum absolute atomic E-state index is 0.0464. The van der Waals surface area contributed by atoms with E-state index in [0.29, 0.717) is 34.5 Å². The van der Waals surface area contributed by atoms with Crippen LogP contribution < -0.4 is 20.4 Å². The van der Waals surface area contributed by atoms with E-state index in [2.05, 4.69) is 15.6 Å². The Morgan fingerprint density at radius 1 is 0.900 bits per heavy atom. The molecular weight excluding hydrogens is 805 g/mol. The molecule has 1 aliphatic rings. The fourth-order valence-corrected chi connectivity index (χ4v) is 8.30. The summed E-state index contributed by atoms with van der Waals surface area (Å²) in [7, 11) is -0.672. The highest BCUT2D eigenvalue weighted by molar-refractivity contribution is 7.92. The van der Waals surface area contributed by atoms with Crippen molar-refractivity contribution in [1.82, 2.24) is 15.3 Å². The number of fused-ring (bicyclic) bond motifs is 1. The molecule has 0 aliphatic heterocycles. The largest absolute Gasteiger partial charge is 0.493 e. The number of methoxy groups -OCH3 is 1. The predicted molar refractivity (Wildman–Crippen MR) is 218 cm³/mol. The number of halogens is 2. The van der Waals surface area contributed by atoms with Crippen LogP contribution in [0.2, 0.25) is 0 Å². The third-order valence-corrected chi connectivity index (χ3v) is 11.4. The normalized spacial score (nSPS) is 13.6. The van der Waals surface area contributed by atoms with Crippen LogP contribution in [0, 0.1) is 11.6 Å². The van der Waals surface area contributed by atoms with Crippen molar-refractivity contribution in [3.05, 3.63) is 89.2 Å². The summed E-state index contributed by atoms with van der Waals surface area (Å²) in [4.78, 5) is 58.9. The molecule has 1 atom stereocenters. The number of imide groups is 1. The Labute approximate surface area is 346 Å². The molecule has 4 aromatic rings. The number of sulfone groups is 1. The first-order valence-corrected chi connectivity index (χ1v) is 20.6. The molecule has 0 radical (unpaired) electrons. The number of anilines is 2. The molecule has 1 unspecified atom stereocenters. The highest BCUT2D eigenvalue weighted by atomic mass is 32.2. The van der Waals surface area contributed by atoms with E-state index in [-0.39, 0.29) is 52.2 Å². The highest BCUT2D eigenvalue weighted by Gasteiger charge is 2.43. The lowest BCUT2D eigenvalue weighted by Crippen LogP contribution is -2.56. The Kier molecular flexibility index (Phi) is 13.4. The molecule has 322 valence electrons. The number of ether oxygens (including phenoxy) is 3. The van der Waals surface area contributed by atoms with Gasteiger partial charge in [-0.25, -0.2) is 31.6 Å². The number of carboxylic acids is 1. The van der Waals surface area contributed by atoms with Crippen molar-refractivity contribution in [3.63, 3.8) is 0 Å². The zero-order valence-electron chi connectivity index (χ0n) is 34.6. The second-order valence-electron chi connectivity index (χ2n) is 16.2. The van der Waals surface area contributed by atoms with Crippen LogP contribution in [-0.4, -0.2) is 78.2 Å². The Balaban J connectivity index is 1.57. The van der Waals surface area contributed by atoms with Gasteiger partial charge in [-0.15, -0.1) is 5.01 Å². The molecule has 1 fully saturated rings. The summed E-state index contributed by atoms with van der Waals surface area (Å²) in [6.07, 6.45) is 0.275. The van der Waals surface area contributed by atoms with Gasteiger partial charge in [0.15, 0.2) is 27.4 Å². The molecule has 1 aliphatic carbocycles. The van der Waals surface area contributed by atoms with Crippen LogP contribution in [0.4, 0.5) is 29.7 Å². The van der Waals surface area contributed by atoms with Crippen LogP contribution in [0.5, 0.6) is 5.75 Å². The minimum atomic E-state index is -3.53. The number of aliphatic carboxylic acids is 1. The third kappa shape index (κ3) is 10.6. The van der Waals surface area contributed by atoms with E-state index in [1.807, 2.05) is 0 Å². The van der Waals surface area contributed by atoms with Gasteiger partial charge in [-0.05, 0) is 127 Å². The number of carboxylic acid groups (broad SMARTS) is 1. The fraction of sp³-hybridized carbons (Fsp3) is 0.405. The molecule has 0 spiro atoms. The molecular formula is C42H49F2N5O10S. The molecule has 60 heavy (non-hydrogen) atoms. The summed E-state index contributed by atoms with van der Waals surface area (Å²) >= 11 is 0. The average Bonchev–Trinajstić information content (AvgIpc) is 3.99. The first-order chi connectivity index (χ1) is 28.0. The van der Waals surface area contributed by atoms with Crippen molar-refractivity contribution in [2.24, 2.45) is 0 Å². The van der Waals surface area contributed by atoms with Crippen LogP contribution in [0.3, 0.4) is 0 Å². The quantitative estimate of drug-likeness (QED) is 0.106. The molecule has 0 saturated heterocycles. The topological polar surface area (TPSA) is 194 Å². The lowest BCUT2D eigenvalue weighted by Gasteiger charge is -2.39. The summed E-state index contributed by atoms with van der Waals surface area (Å²) < 4.78 is 73.8. The second kappa shape index (κ2) is 17.8. The Bertz CT molecular complexity index is 2380. The van der Waals surface area contributed by atoms with Crippen LogP contribution in [-0.2, 0) is 41.9 Å². The van der Waals surface area contributed by atoms with Gasteiger partial charge in [-0.1, -0.05) is 6.07 Å². The molecule has 3 aromatic carbocycles. The molecule has 3 amide bonds. The molecule has 0 bridgehead atoms. The molecule has 1 aromatic heterocycles.